The highest BCUT2D eigenvalue weighted by atomic mass is 35.5. The van der Waals surface area contributed by atoms with Crippen molar-refractivity contribution >= 4 is 29.3 Å². The van der Waals surface area contributed by atoms with E-state index < -0.39 is 0 Å². The molecule has 0 bridgehead atoms. The van der Waals surface area contributed by atoms with E-state index >= 15 is 0 Å². The number of carbonyl (C=O) groups excluding carboxylic acids is 1. The summed E-state index contributed by atoms with van der Waals surface area (Å²) < 4.78 is 0. The molecule has 0 aromatic heterocycles. The van der Waals surface area contributed by atoms with Crippen LogP contribution in [0.1, 0.15) is 22.3 Å². The number of rotatable bonds is 6. The Bertz CT molecular complexity index is 601. The van der Waals surface area contributed by atoms with Gasteiger partial charge in [0, 0.05) is 11.4 Å². The first-order chi connectivity index (χ1) is 10.2. The van der Waals surface area contributed by atoms with Crippen LogP contribution in [0.5, 0.6) is 0 Å². The fraction of sp³-hybridized carbons (Fsp3) is 0.235. The van der Waals surface area contributed by atoms with Crippen molar-refractivity contribution in [3.8, 4) is 0 Å². The molecule has 0 aliphatic heterocycles. The highest BCUT2D eigenvalue weighted by molar-refractivity contribution is 7.98. The maximum atomic E-state index is 12.1. The molecule has 0 aliphatic rings. The van der Waals surface area contributed by atoms with Crippen molar-refractivity contribution < 1.29 is 4.79 Å². The Morgan fingerprint density at radius 3 is 2.67 bits per heavy atom. The van der Waals surface area contributed by atoms with Crippen molar-refractivity contribution in [3.05, 3.63) is 64.7 Å². The summed E-state index contributed by atoms with van der Waals surface area (Å²) in [5.74, 6) is -0.107. The molecule has 2 rings (SSSR count). The highest BCUT2D eigenvalue weighted by Crippen LogP contribution is 2.22. The van der Waals surface area contributed by atoms with Gasteiger partial charge < -0.3 is 5.32 Å². The molecule has 2 aromatic rings. The quantitative estimate of drug-likeness (QED) is 0.630. The van der Waals surface area contributed by atoms with Gasteiger partial charge in [-0.05, 0) is 42.9 Å². The Morgan fingerprint density at radius 1 is 1.19 bits per heavy atom. The smallest absolute Gasteiger partial charge is 0.252 e. The third kappa shape index (κ3) is 4.80. The number of aryl methyl sites for hydroxylation is 1. The summed E-state index contributed by atoms with van der Waals surface area (Å²) in [4.78, 5) is 13.2. The number of hydrogen-bond acceptors (Lipinski definition) is 2. The molecule has 0 saturated carbocycles. The van der Waals surface area contributed by atoms with E-state index in [4.69, 9.17) is 11.6 Å². The second-order valence-electron chi connectivity index (χ2n) is 4.69. The molecule has 1 amide bonds. The van der Waals surface area contributed by atoms with Gasteiger partial charge in [-0.1, -0.05) is 41.9 Å². The summed E-state index contributed by atoms with van der Waals surface area (Å²) in [5, 5.41) is 3.42. The molecule has 0 atom stereocenters. The van der Waals surface area contributed by atoms with E-state index in [9.17, 15) is 4.79 Å². The lowest BCUT2D eigenvalue weighted by atomic mass is 10.1. The zero-order valence-electron chi connectivity index (χ0n) is 11.9. The second-order valence-corrected chi connectivity index (χ2v) is 5.98. The predicted octanol–water partition coefficient (Wildman–Crippen LogP) is 4.42. The van der Waals surface area contributed by atoms with Crippen LogP contribution in [0.15, 0.2) is 53.4 Å². The predicted molar refractivity (Wildman–Crippen MR) is 90.3 cm³/mol. The topological polar surface area (TPSA) is 29.1 Å². The van der Waals surface area contributed by atoms with Gasteiger partial charge in [-0.25, -0.2) is 0 Å². The van der Waals surface area contributed by atoms with Crippen LogP contribution >= 0.6 is 23.4 Å². The zero-order valence-corrected chi connectivity index (χ0v) is 13.5. The monoisotopic (exact) mass is 319 g/mol. The number of amides is 1. The molecule has 1 N–H and O–H groups in total. The molecule has 0 aliphatic carbocycles. The lowest BCUT2D eigenvalue weighted by molar-refractivity contribution is 0.0953. The fourth-order valence-electron chi connectivity index (χ4n) is 2.04. The normalized spacial score (nSPS) is 10.4. The first-order valence-corrected chi connectivity index (χ1v) is 8.46. The van der Waals surface area contributed by atoms with E-state index in [2.05, 4.69) is 17.4 Å². The van der Waals surface area contributed by atoms with Crippen molar-refractivity contribution in [1.82, 2.24) is 5.32 Å². The first-order valence-electron chi connectivity index (χ1n) is 6.86. The van der Waals surface area contributed by atoms with Gasteiger partial charge >= 0.3 is 0 Å². The summed E-state index contributed by atoms with van der Waals surface area (Å²) in [6.45, 7) is 0.646. The van der Waals surface area contributed by atoms with E-state index in [0.717, 1.165) is 17.7 Å². The van der Waals surface area contributed by atoms with Gasteiger partial charge in [-0.3, -0.25) is 4.79 Å². The minimum Gasteiger partial charge on any atom is -0.352 e. The SMILES string of the molecule is CSc1ccc(Cl)c(C(=O)NCCCc2ccccc2)c1. The highest BCUT2D eigenvalue weighted by Gasteiger charge is 2.10. The van der Waals surface area contributed by atoms with Gasteiger partial charge in [-0.15, -0.1) is 11.8 Å². The fourth-order valence-corrected chi connectivity index (χ4v) is 2.68. The Kier molecular flexibility index (Phi) is 6.15. The Morgan fingerprint density at radius 2 is 1.95 bits per heavy atom. The maximum Gasteiger partial charge on any atom is 0.252 e. The van der Waals surface area contributed by atoms with Gasteiger partial charge in [-0.2, -0.15) is 0 Å². The summed E-state index contributed by atoms with van der Waals surface area (Å²) >= 11 is 7.68. The second kappa shape index (κ2) is 8.11. The van der Waals surface area contributed by atoms with Crippen molar-refractivity contribution in [2.75, 3.05) is 12.8 Å². The van der Waals surface area contributed by atoms with Crippen LogP contribution < -0.4 is 5.32 Å². The van der Waals surface area contributed by atoms with Gasteiger partial charge in [0.2, 0.25) is 0 Å². The molecular formula is C17H18ClNOS. The van der Waals surface area contributed by atoms with E-state index in [0.29, 0.717) is 17.1 Å². The molecular weight excluding hydrogens is 302 g/mol. The Balaban J connectivity index is 1.84. The molecule has 2 aromatic carbocycles. The van der Waals surface area contributed by atoms with Gasteiger partial charge in [0.25, 0.3) is 5.91 Å². The molecule has 0 fully saturated rings. The number of hydrogen-bond donors (Lipinski definition) is 1. The Hall–Kier alpha value is -1.45. The summed E-state index contributed by atoms with van der Waals surface area (Å²) in [5.41, 5.74) is 1.83. The number of halogens is 1. The molecule has 0 unspecified atom stereocenters. The molecule has 110 valence electrons. The number of thioether (sulfide) groups is 1. The minimum absolute atomic E-state index is 0.107. The molecule has 4 heteroatoms. The van der Waals surface area contributed by atoms with Gasteiger partial charge in [0.1, 0.15) is 0 Å². The van der Waals surface area contributed by atoms with E-state index in [1.54, 1.807) is 17.8 Å². The Labute approximate surface area is 134 Å². The molecule has 0 saturated heterocycles. The summed E-state index contributed by atoms with van der Waals surface area (Å²) in [6.07, 6.45) is 3.85. The average molecular weight is 320 g/mol. The van der Waals surface area contributed by atoms with Crippen molar-refractivity contribution in [2.45, 2.75) is 17.7 Å². The van der Waals surface area contributed by atoms with Gasteiger partial charge in [0.15, 0.2) is 0 Å². The van der Waals surface area contributed by atoms with Crippen LogP contribution in [0, 0.1) is 0 Å². The summed E-state index contributed by atoms with van der Waals surface area (Å²) in [6, 6.07) is 15.8. The minimum atomic E-state index is -0.107. The molecule has 0 heterocycles. The molecule has 0 radical (unpaired) electrons. The maximum absolute atomic E-state index is 12.1. The van der Waals surface area contributed by atoms with Crippen LogP contribution in [0.25, 0.3) is 0 Å². The number of carbonyl (C=O) groups is 1. The van der Waals surface area contributed by atoms with Crippen LogP contribution in [-0.2, 0) is 6.42 Å². The standard InChI is InChI=1S/C17H18ClNOS/c1-21-14-9-10-16(18)15(12-14)17(20)19-11-5-8-13-6-3-2-4-7-13/h2-4,6-7,9-10,12H,5,8,11H2,1H3,(H,19,20). The largest absolute Gasteiger partial charge is 0.352 e. The van der Waals surface area contributed by atoms with Crippen LogP contribution in [0.2, 0.25) is 5.02 Å². The van der Waals surface area contributed by atoms with Gasteiger partial charge in [0.05, 0.1) is 10.6 Å². The lowest BCUT2D eigenvalue weighted by Crippen LogP contribution is -2.25. The van der Waals surface area contributed by atoms with Crippen LogP contribution in [-0.4, -0.2) is 18.7 Å². The van der Waals surface area contributed by atoms with Crippen LogP contribution in [0.4, 0.5) is 0 Å². The third-order valence-electron chi connectivity index (χ3n) is 3.19. The number of nitrogens with one attached hydrogen (secondary N) is 1. The number of benzene rings is 2. The summed E-state index contributed by atoms with van der Waals surface area (Å²) in [7, 11) is 0. The third-order valence-corrected chi connectivity index (χ3v) is 4.24. The molecule has 21 heavy (non-hydrogen) atoms. The molecule has 0 spiro atoms. The zero-order chi connectivity index (χ0) is 15.1. The van der Waals surface area contributed by atoms with E-state index in [1.165, 1.54) is 5.56 Å². The lowest BCUT2D eigenvalue weighted by Gasteiger charge is -2.08. The van der Waals surface area contributed by atoms with Crippen molar-refractivity contribution in [3.63, 3.8) is 0 Å². The first kappa shape index (κ1) is 15.9. The van der Waals surface area contributed by atoms with E-state index in [1.807, 2.05) is 36.6 Å². The van der Waals surface area contributed by atoms with Crippen molar-refractivity contribution in [2.24, 2.45) is 0 Å². The molecule has 2 nitrogen and oxygen atoms in total. The van der Waals surface area contributed by atoms with Crippen LogP contribution in [0.3, 0.4) is 0 Å². The average Bonchev–Trinajstić information content (AvgIpc) is 2.53. The van der Waals surface area contributed by atoms with Crippen molar-refractivity contribution in [1.29, 1.82) is 0 Å². The van der Waals surface area contributed by atoms with E-state index in [-0.39, 0.29) is 5.91 Å².